The molecular weight excluding hydrogens is 278 g/mol. The Morgan fingerprint density at radius 2 is 1.80 bits per heavy atom. The Hall–Kier alpha value is -0.210. The topological polar surface area (TPSA) is 75.9 Å². The van der Waals surface area contributed by atoms with Gasteiger partial charge in [0.05, 0.1) is 12.2 Å². The van der Waals surface area contributed by atoms with E-state index in [2.05, 4.69) is 0 Å². The quantitative estimate of drug-likeness (QED) is 0.816. The van der Waals surface area contributed by atoms with Crippen molar-refractivity contribution < 1.29 is 13.2 Å². The molecule has 0 spiro atoms. The zero-order valence-electron chi connectivity index (χ0n) is 12.5. The van der Waals surface area contributed by atoms with Crippen molar-refractivity contribution in [2.45, 2.75) is 45.3 Å². The van der Waals surface area contributed by atoms with Crippen molar-refractivity contribution >= 4 is 10.2 Å². The summed E-state index contributed by atoms with van der Waals surface area (Å²) in [6, 6.07) is 0. The first-order valence-electron chi connectivity index (χ1n) is 7.54. The van der Waals surface area contributed by atoms with Gasteiger partial charge >= 0.3 is 0 Å². The van der Waals surface area contributed by atoms with Crippen LogP contribution in [0.15, 0.2) is 0 Å². The zero-order valence-corrected chi connectivity index (χ0v) is 13.3. The van der Waals surface area contributed by atoms with Gasteiger partial charge in [-0.05, 0) is 45.6 Å². The molecule has 0 amide bonds. The van der Waals surface area contributed by atoms with Crippen molar-refractivity contribution in [2.75, 3.05) is 32.7 Å². The molecule has 0 aliphatic carbocycles. The van der Waals surface area contributed by atoms with E-state index in [4.69, 9.17) is 10.5 Å². The smallest absolute Gasteiger partial charge is 0.282 e. The minimum atomic E-state index is -3.36. The molecule has 2 heterocycles. The minimum absolute atomic E-state index is 0.0434. The van der Waals surface area contributed by atoms with Crippen molar-refractivity contribution in [3.8, 4) is 0 Å². The van der Waals surface area contributed by atoms with E-state index in [9.17, 15) is 8.42 Å². The summed E-state index contributed by atoms with van der Waals surface area (Å²) in [5.41, 5.74) is 5.60. The molecule has 0 aromatic rings. The number of piperidine rings is 1. The van der Waals surface area contributed by atoms with Crippen LogP contribution < -0.4 is 5.73 Å². The van der Waals surface area contributed by atoms with Crippen LogP contribution in [-0.4, -0.2) is 62.0 Å². The summed E-state index contributed by atoms with van der Waals surface area (Å²) < 4.78 is 34.3. The first kappa shape index (κ1) is 16.2. The summed E-state index contributed by atoms with van der Waals surface area (Å²) in [5.74, 6) is 0.402. The molecule has 118 valence electrons. The van der Waals surface area contributed by atoms with Gasteiger partial charge in [0.2, 0.25) is 0 Å². The fourth-order valence-corrected chi connectivity index (χ4v) is 5.07. The summed E-state index contributed by atoms with van der Waals surface area (Å²) in [5, 5.41) is 0. The van der Waals surface area contributed by atoms with Gasteiger partial charge < -0.3 is 10.5 Å². The molecule has 2 N–H and O–H groups in total. The van der Waals surface area contributed by atoms with Crippen LogP contribution >= 0.6 is 0 Å². The summed E-state index contributed by atoms with van der Waals surface area (Å²) in [7, 11) is -3.36. The Bertz CT molecular complexity index is 403. The second kappa shape index (κ2) is 6.70. The van der Waals surface area contributed by atoms with Crippen LogP contribution in [0, 0.1) is 5.92 Å². The van der Waals surface area contributed by atoms with Crippen molar-refractivity contribution in [1.29, 1.82) is 0 Å². The Morgan fingerprint density at radius 3 is 2.40 bits per heavy atom. The normalized spacial score (nSPS) is 34.2. The standard InChI is InChI=1S/C13H27N3O3S/c1-11-8-16(9-12(2)19-11)20(17,18)15-7-3-4-13(10-15)5-6-14/h11-13H,3-10,14H2,1-2H3. The molecule has 2 rings (SSSR count). The van der Waals surface area contributed by atoms with E-state index in [1.165, 1.54) is 0 Å². The number of hydrogen-bond acceptors (Lipinski definition) is 4. The Morgan fingerprint density at radius 1 is 1.15 bits per heavy atom. The van der Waals surface area contributed by atoms with Gasteiger partial charge in [0.15, 0.2) is 0 Å². The second-order valence-electron chi connectivity index (χ2n) is 6.03. The summed E-state index contributed by atoms with van der Waals surface area (Å²) >= 11 is 0. The molecule has 0 bridgehead atoms. The molecule has 0 saturated carbocycles. The molecule has 0 aromatic heterocycles. The molecule has 6 nitrogen and oxygen atoms in total. The number of rotatable bonds is 4. The lowest BCUT2D eigenvalue weighted by atomic mass is 9.96. The van der Waals surface area contributed by atoms with Crippen LogP contribution in [0.5, 0.6) is 0 Å². The highest BCUT2D eigenvalue weighted by Crippen LogP contribution is 2.24. The van der Waals surface area contributed by atoms with Gasteiger partial charge in [-0.3, -0.25) is 0 Å². The van der Waals surface area contributed by atoms with Crippen LogP contribution in [0.4, 0.5) is 0 Å². The maximum atomic E-state index is 12.7. The summed E-state index contributed by atoms with van der Waals surface area (Å²) in [4.78, 5) is 0. The lowest BCUT2D eigenvalue weighted by Crippen LogP contribution is -2.54. The molecule has 2 aliphatic rings. The number of nitrogens with zero attached hydrogens (tertiary/aromatic N) is 2. The molecule has 3 atom stereocenters. The highest BCUT2D eigenvalue weighted by Gasteiger charge is 2.37. The maximum absolute atomic E-state index is 12.7. The first-order valence-corrected chi connectivity index (χ1v) is 8.94. The monoisotopic (exact) mass is 305 g/mol. The van der Waals surface area contributed by atoms with Gasteiger partial charge in [0, 0.05) is 26.2 Å². The zero-order chi connectivity index (χ0) is 14.8. The van der Waals surface area contributed by atoms with Gasteiger partial charge in [0.25, 0.3) is 10.2 Å². The van der Waals surface area contributed by atoms with Gasteiger partial charge in [-0.2, -0.15) is 17.0 Å². The van der Waals surface area contributed by atoms with Crippen molar-refractivity contribution in [3.63, 3.8) is 0 Å². The largest absolute Gasteiger partial charge is 0.373 e. The summed E-state index contributed by atoms with van der Waals surface area (Å²) in [6.45, 7) is 6.61. The van der Waals surface area contributed by atoms with Crippen LogP contribution in [-0.2, 0) is 14.9 Å². The van der Waals surface area contributed by atoms with Crippen molar-refractivity contribution in [2.24, 2.45) is 11.7 Å². The molecule has 0 radical (unpaired) electrons. The predicted molar refractivity (Wildman–Crippen MR) is 78.5 cm³/mol. The van der Waals surface area contributed by atoms with E-state index in [1.807, 2.05) is 13.8 Å². The number of hydrogen-bond donors (Lipinski definition) is 1. The van der Waals surface area contributed by atoms with E-state index in [0.717, 1.165) is 19.3 Å². The van der Waals surface area contributed by atoms with Crippen LogP contribution in [0.25, 0.3) is 0 Å². The van der Waals surface area contributed by atoms with Gasteiger partial charge in [-0.1, -0.05) is 0 Å². The first-order chi connectivity index (χ1) is 9.43. The molecular formula is C13H27N3O3S. The SMILES string of the molecule is CC1CN(S(=O)(=O)N2CCCC(CCN)C2)CC(C)O1. The molecule has 3 unspecified atom stereocenters. The average molecular weight is 305 g/mol. The number of nitrogens with two attached hydrogens (primary N) is 1. The third kappa shape index (κ3) is 3.71. The van der Waals surface area contributed by atoms with Crippen LogP contribution in [0.2, 0.25) is 0 Å². The third-order valence-corrected chi connectivity index (χ3v) is 6.03. The maximum Gasteiger partial charge on any atom is 0.282 e. The molecule has 2 fully saturated rings. The van der Waals surface area contributed by atoms with Gasteiger partial charge in [-0.25, -0.2) is 0 Å². The highest BCUT2D eigenvalue weighted by atomic mass is 32.2. The predicted octanol–water partition coefficient (Wildman–Crippen LogP) is 0.401. The summed E-state index contributed by atoms with van der Waals surface area (Å²) in [6.07, 6.45) is 2.83. The Labute approximate surface area is 122 Å². The number of ether oxygens (including phenoxy) is 1. The highest BCUT2D eigenvalue weighted by molar-refractivity contribution is 7.86. The molecule has 2 aliphatic heterocycles. The fraction of sp³-hybridized carbons (Fsp3) is 1.00. The number of morpholine rings is 1. The second-order valence-corrected chi connectivity index (χ2v) is 7.95. The Balaban J connectivity index is 2.05. The van der Waals surface area contributed by atoms with Crippen molar-refractivity contribution in [3.05, 3.63) is 0 Å². The van der Waals surface area contributed by atoms with E-state index >= 15 is 0 Å². The lowest BCUT2D eigenvalue weighted by molar-refractivity contribution is -0.0457. The van der Waals surface area contributed by atoms with E-state index in [-0.39, 0.29) is 12.2 Å². The molecule has 7 heteroatoms. The van der Waals surface area contributed by atoms with Gasteiger partial charge in [0.1, 0.15) is 0 Å². The van der Waals surface area contributed by atoms with E-state index in [1.54, 1.807) is 8.61 Å². The van der Waals surface area contributed by atoms with E-state index in [0.29, 0.717) is 38.6 Å². The lowest BCUT2D eigenvalue weighted by Gasteiger charge is -2.39. The molecule has 2 saturated heterocycles. The third-order valence-electron chi connectivity index (χ3n) is 4.10. The average Bonchev–Trinajstić information content (AvgIpc) is 2.38. The van der Waals surface area contributed by atoms with Gasteiger partial charge in [-0.15, -0.1) is 0 Å². The Kier molecular flexibility index (Phi) is 5.42. The molecule has 0 aromatic carbocycles. The minimum Gasteiger partial charge on any atom is -0.373 e. The fourth-order valence-electron chi connectivity index (χ4n) is 3.19. The van der Waals surface area contributed by atoms with Crippen LogP contribution in [0.1, 0.15) is 33.1 Å². The molecule has 20 heavy (non-hydrogen) atoms. The van der Waals surface area contributed by atoms with Crippen LogP contribution in [0.3, 0.4) is 0 Å². The van der Waals surface area contributed by atoms with E-state index < -0.39 is 10.2 Å². The van der Waals surface area contributed by atoms with Crippen molar-refractivity contribution in [1.82, 2.24) is 8.61 Å².